The first-order valence-electron chi connectivity index (χ1n) is 13.8. The molecule has 0 aromatic heterocycles. The summed E-state index contributed by atoms with van der Waals surface area (Å²) in [5.41, 5.74) is 12.1. The van der Waals surface area contributed by atoms with Gasteiger partial charge in [-0.05, 0) is 74.1 Å². The second kappa shape index (κ2) is 9.40. The summed E-state index contributed by atoms with van der Waals surface area (Å²) in [6.07, 6.45) is 8.42. The summed E-state index contributed by atoms with van der Waals surface area (Å²) in [7, 11) is 0. The number of allylic oxidation sites excluding steroid dienone is 12. The van der Waals surface area contributed by atoms with Gasteiger partial charge in [0.2, 0.25) is 0 Å². The summed E-state index contributed by atoms with van der Waals surface area (Å²) >= 11 is 0. The van der Waals surface area contributed by atoms with E-state index in [9.17, 15) is 19.8 Å². The van der Waals surface area contributed by atoms with Crippen LogP contribution in [0.25, 0.3) is 0 Å². The number of fused-ring (bicyclic) bond motifs is 5. The number of carboxylic acid groups (broad SMARTS) is 1. The topological polar surface area (TPSA) is 124 Å². The maximum Gasteiger partial charge on any atom is 0.303 e. The number of aliphatic imine (C=N–C) groups is 3. The molecule has 1 unspecified atom stereocenters. The van der Waals surface area contributed by atoms with Crippen LogP contribution in [0.1, 0.15) is 60.3 Å². The van der Waals surface area contributed by atoms with Crippen LogP contribution in [0.5, 0.6) is 0 Å². The van der Waals surface area contributed by atoms with Crippen LogP contribution < -0.4 is 5.32 Å². The fourth-order valence-electron chi connectivity index (χ4n) is 6.55. The van der Waals surface area contributed by atoms with Gasteiger partial charge in [0.1, 0.15) is 0 Å². The molecule has 8 bridgehead atoms. The Labute approximate surface area is 233 Å². The van der Waals surface area contributed by atoms with E-state index in [4.69, 9.17) is 15.0 Å². The second-order valence-corrected chi connectivity index (χ2v) is 11.1. The Hall–Kier alpha value is -4.33. The Morgan fingerprint density at radius 1 is 1.05 bits per heavy atom. The zero-order chi connectivity index (χ0) is 28.5. The minimum Gasteiger partial charge on any atom is -0.515 e. The van der Waals surface area contributed by atoms with Crippen LogP contribution >= 0.6 is 0 Å². The number of nitrogens with one attached hydrogen (secondary N) is 1. The number of hydrogen-bond acceptors (Lipinski definition) is 7. The van der Waals surface area contributed by atoms with E-state index in [2.05, 4.69) is 19.2 Å². The van der Waals surface area contributed by atoms with E-state index in [0.29, 0.717) is 29.0 Å². The van der Waals surface area contributed by atoms with E-state index in [0.717, 1.165) is 74.7 Å². The van der Waals surface area contributed by atoms with Crippen molar-refractivity contribution in [3.63, 3.8) is 0 Å². The molecule has 1 aliphatic carbocycles. The highest BCUT2D eigenvalue weighted by Crippen LogP contribution is 2.45. The maximum atomic E-state index is 13.3. The molecular formula is C32H32N4O4. The average molecular weight is 537 g/mol. The SMILES string of the molecule is CCC1=C(C)C2=CC3=NC(=C(C)C3=CO)C=C3NC(=C4CC(=O)C5=C(C)C(=CC1=N2)N=C45)C(CCC(=O)O)[C@@H]3C. The van der Waals surface area contributed by atoms with E-state index >= 15 is 0 Å². The van der Waals surface area contributed by atoms with E-state index in [-0.39, 0.29) is 30.5 Å². The lowest BCUT2D eigenvalue weighted by Crippen LogP contribution is -2.14. The number of Topliss-reactive ketones (excluding diaryl/α,β-unsaturated/α-hetero) is 1. The van der Waals surface area contributed by atoms with Crippen LogP contribution in [0, 0.1) is 11.8 Å². The molecule has 6 rings (SSSR count). The lowest BCUT2D eigenvalue weighted by molar-refractivity contribution is -0.137. The first-order valence-corrected chi connectivity index (χ1v) is 13.8. The lowest BCUT2D eigenvalue weighted by Gasteiger charge is -2.16. The lowest BCUT2D eigenvalue weighted by atomic mass is 9.86. The fourth-order valence-corrected chi connectivity index (χ4v) is 6.55. The number of aliphatic carboxylic acids is 1. The van der Waals surface area contributed by atoms with Crippen LogP contribution in [0.2, 0.25) is 0 Å². The minimum atomic E-state index is -0.852. The van der Waals surface area contributed by atoms with Crippen molar-refractivity contribution in [2.75, 3.05) is 0 Å². The van der Waals surface area contributed by atoms with Gasteiger partial charge >= 0.3 is 5.97 Å². The molecule has 5 aliphatic heterocycles. The molecule has 5 heterocycles. The number of rotatable bonds is 4. The Morgan fingerprint density at radius 3 is 2.48 bits per heavy atom. The molecule has 204 valence electrons. The van der Waals surface area contributed by atoms with Gasteiger partial charge in [0, 0.05) is 52.8 Å². The quantitative estimate of drug-likeness (QED) is 0.397. The van der Waals surface area contributed by atoms with E-state index < -0.39 is 5.97 Å². The predicted molar refractivity (Wildman–Crippen MR) is 155 cm³/mol. The van der Waals surface area contributed by atoms with Crippen molar-refractivity contribution in [1.29, 1.82) is 0 Å². The molecular weight excluding hydrogens is 504 g/mol. The van der Waals surface area contributed by atoms with Crippen LogP contribution in [0.4, 0.5) is 0 Å². The zero-order valence-electron chi connectivity index (χ0n) is 23.3. The summed E-state index contributed by atoms with van der Waals surface area (Å²) in [6.45, 7) is 10.1. The van der Waals surface area contributed by atoms with E-state index in [1.165, 1.54) is 0 Å². The van der Waals surface area contributed by atoms with Gasteiger partial charge in [-0.15, -0.1) is 0 Å². The zero-order valence-corrected chi connectivity index (χ0v) is 23.3. The van der Waals surface area contributed by atoms with Crippen LogP contribution in [-0.2, 0) is 9.59 Å². The third kappa shape index (κ3) is 3.85. The van der Waals surface area contributed by atoms with Gasteiger partial charge < -0.3 is 15.5 Å². The number of carbonyl (C=O) groups is 2. The summed E-state index contributed by atoms with van der Waals surface area (Å²) < 4.78 is 0. The molecule has 0 amide bonds. The molecule has 0 spiro atoms. The molecule has 0 aromatic rings. The van der Waals surface area contributed by atoms with Crippen molar-refractivity contribution in [3.8, 4) is 0 Å². The normalized spacial score (nSPS) is 26.4. The highest BCUT2D eigenvalue weighted by Gasteiger charge is 2.43. The number of hydrogen-bond donors (Lipinski definition) is 3. The van der Waals surface area contributed by atoms with Crippen LogP contribution in [0.15, 0.2) is 107 Å². The molecule has 40 heavy (non-hydrogen) atoms. The summed E-state index contributed by atoms with van der Waals surface area (Å²) in [5, 5.41) is 23.2. The smallest absolute Gasteiger partial charge is 0.303 e. The molecule has 1 saturated heterocycles. The highest BCUT2D eigenvalue weighted by molar-refractivity contribution is 6.38. The molecule has 0 radical (unpaired) electrons. The van der Waals surface area contributed by atoms with Crippen molar-refractivity contribution in [1.82, 2.24) is 5.32 Å². The number of nitrogens with zero attached hydrogens (tertiary/aromatic N) is 3. The molecule has 2 fully saturated rings. The van der Waals surface area contributed by atoms with E-state index in [1.807, 2.05) is 39.0 Å². The van der Waals surface area contributed by atoms with Crippen molar-refractivity contribution < 1.29 is 19.8 Å². The third-order valence-electron chi connectivity index (χ3n) is 8.88. The Bertz CT molecular complexity index is 1660. The number of carbonyl (C=O) groups excluding carboxylic acids is 1. The van der Waals surface area contributed by atoms with Crippen molar-refractivity contribution in [2.45, 2.75) is 60.3 Å². The molecule has 1 saturated carbocycles. The van der Waals surface area contributed by atoms with Crippen LogP contribution in [0.3, 0.4) is 0 Å². The van der Waals surface area contributed by atoms with Crippen LogP contribution in [-0.4, -0.2) is 39.1 Å². The van der Waals surface area contributed by atoms with Gasteiger partial charge in [0.15, 0.2) is 5.78 Å². The van der Waals surface area contributed by atoms with Crippen molar-refractivity contribution in [3.05, 3.63) is 92.0 Å². The monoisotopic (exact) mass is 536 g/mol. The fraction of sp³-hybridized carbons (Fsp3) is 0.344. The van der Waals surface area contributed by atoms with Gasteiger partial charge in [0.25, 0.3) is 0 Å². The Morgan fingerprint density at radius 2 is 1.77 bits per heavy atom. The van der Waals surface area contributed by atoms with Gasteiger partial charge in [-0.1, -0.05) is 13.8 Å². The number of carboxylic acids is 1. The summed E-state index contributed by atoms with van der Waals surface area (Å²) in [6, 6.07) is 0. The molecule has 2 atom stereocenters. The van der Waals surface area contributed by atoms with Gasteiger partial charge in [-0.2, -0.15) is 0 Å². The standard InChI is InChI=1S/C32H32N4O4/c1-6-18-14(2)23-11-27-21(13-37)16(4)22(34-27)10-24-15(3)19(7-8-29(39)40)31(35-24)20-9-28(38)30-17(5)25(36-32(20)30)12-26(18)33-23/h10-13,15,19,35,37H,6-9H2,1-5H3,(H,39,40)/t15-,19?/m0/s1. The van der Waals surface area contributed by atoms with Gasteiger partial charge in [-0.3, -0.25) is 9.59 Å². The maximum absolute atomic E-state index is 13.3. The number of aliphatic hydroxyl groups is 1. The predicted octanol–water partition coefficient (Wildman–Crippen LogP) is 5.72. The Balaban J connectivity index is 1.62. The van der Waals surface area contributed by atoms with Gasteiger partial charge in [0.05, 0.1) is 40.5 Å². The van der Waals surface area contributed by atoms with E-state index in [1.54, 1.807) is 0 Å². The second-order valence-electron chi connectivity index (χ2n) is 11.1. The number of aliphatic hydroxyl groups excluding tert-OH is 1. The Kier molecular flexibility index (Phi) is 6.09. The van der Waals surface area contributed by atoms with Crippen molar-refractivity contribution >= 4 is 28.9 Å². The third-order valence-corrected chi connectivity index (χ3v) is 8.88. The minimum absolute atomic E-state index is 0.0222. The average Bonchev–Trinajstić information content (AvgIpc) is 3.65. The molecule has 3 N–H and O–H groups in total. The first-order chi connectivity index (χ1) is 19.1. The first kappa shape index (κ1) is 25.9. The summed E-state index contributed by atoms with van der Waals surface area (Å²) in [4.78, 5) is 39.7. The molecule has 8 nitrogen and oxygen atoms in total. The molecule has 6 aliphatic rings. The molecule has 8 heteroatoms. The summed E-state index contributed by atoms with van der Waals surface area (Å²) in [5.74, 6) is -0.966. The molecule has 0 aromatic carbocycles. The largest absolute Gasteiger partial charge is 0.515 e. The number of ketones is 1. The van der Waals surface area contributed by atoms with Gasteiger partial charge in [-0.25, -0.2) is 15.0 Å². The van der Waals surface area contributed by atoms with Crippen molar-refractivity contribution in [2.24, 2.45) is 26.8 Å². The highest BCUT2D eigenvalue weighted by atomic mass is 16.4.